The number of halogens is 1. The quantitative estimate of drug-likeness (QED) is 0.907. The number of amides is 1. The van der Waals surface area contributed by atoms with Gasteiger partial charge >= 0.3 is 0 Å². The first-order chi connectivity index (χ1) is 11.6. The van der Waals surface area contributed by atoms with Crippen LogP contribution in [0.4, 0.5) is 5.82 Å². The van der Waals surface area contributed by atoms with E-state index in [1.807, 2.05) is 12.3 Å². The molecule has 1 aliphatic carbocycles. The maximum absolute atomic E-state index is 12.5. The van der Waals surface area contributed by atoms with E-state index in [0.717, 1.165) is 42.8 Å². The van der Waals surface area contributed by atoms with Crippen molar-refractivity contribution in [3.63, 3.8) is 0 Å². The molecular weight excluding hydrogens is 338 g/mol. The van der Waals surface area contributed by atoms with Crippen molar-refractivity contribution < 1.29 is 4.79 Å². The Kier molecular flexibility index (Phi) is 5.18. The van der Waals surface area contributed by atoms with E-state index in [4.69, 9.17) is 0 Å². The van der Waals surface area contributed by atoms with Gasteiger partial charge in [-0.25, -0.2) is 9.97 Å². The van der Waals surface area contributed by atoms with Gasteiger partial charge in [0.15, 0.2) is 0 Å². The lowest BCUT2D eigenvalue weighted by Crippen LogP contribution is -2.52. The summed E-state index contributed by atoms with van der Waals surface area (Å²) in [6.07, 6.45) is 7.74. The van der Waals surface area contributed by atoms with E-state index in [1.165, 1.54) is 12.8 Å². The van der Waals surface area contributed by atoms with Crippen molar-refractivity contribution in [3.05, 3.63) is 18.6 Å². The number of nitrogens with zero attached hydrogens (tertiary/aromatic N) is 4. The molecule has 4 rings (SSSR count). The number of aromatic amines is 1. The van der Waals surface area contributed by atoms with Crippen LogP contribution in [0.2, 0.25) is 0 Å². The maximum Gasteiger partial charge on any atom is 0.222 e. The molecule has 6 nitrogen and oxygen atoms in total. The monoisotopic (exact) mass is 363 g/mol. The minimum absolute atomic E-state index is 0. The predicted molar refractivity (Wildman–Crippen MR) is 101 cm³/mol. The standard InChI is InChI=1S/C18H25N5O.ClH/c1-12-6-8-23(16(24)9-13-3-4-13)10-15(12)22(2)18-14-5-7-19-17(14)20-11-21-18;/h5,7,11-13,15H,3-4,6,8-10H2,1-2H3,(H,19,20,21);1H. The number of aromatic nitrogens is 3. The summed E-state index contributed by atoms with van der Waals surface area (Å²) in [6.45, 7) is 3.96. The minimum Gasteiger partial charge on any atom is -0.354 e. The lowest BCUT2D eigenvalue weighted by atomic mass is 9.92. The van der Waals surface area contributed by atoms with Crippen LogP contribution in [0.15, 0.2) is 18.6 Å². The van der Waals surface area contributed by atoms with E-state index >= 15 is 0 Å². The van der Waals surface area contributed by atoms with Crippen molar-refractivity contribution in [1.29, 1.82) is 0 Å². The third-order valence-corrected chi connectivity index (χ3v) is 5.60. The van der Waals surface area contributed by atoms with Gasteiger partial charge in [0.05, 0.1) is 11.4 Å². The third kappa shape index (κ3) is 3.59. The zero-order valence-corrected chi connectivity index (χ0v) is 15.6. The Balaban J connectivity index is 0.00000182. The summed E-state index contributed by atoms with van der Waals surface area (Å²) in [5.74, 6) is 2.45. The van der Waals surface area contributed by atoms with E-state index in [1.54, 1.807) is 6.33 Å². The molecule has 136 valence electrons. The van der Waals surface area contributed by atoms with Gasteiger partial charge < -0.3 is 14.8 Å². The molecule has 3 heterocycles. The van der Waals surface area contributed by atoms with Crippen molar-refractivity contribution in [2.45, 2.75) is 38.6 Å². The first-order valence-electron chi connectivity index (χ1n) is 8.92. The van der Waals surface area contributed by atoms with Crippen molar-refractivity contribution >= 4 is 35.2 Å². The molecule has 1 aliphatic heterocycles. The summed E-state index contributed by atoms with van der Waals surface area (Å²) in [7, 11) is 2.09. The van der Waals surface area contributed by atoms with Gasteiger partial charge in [-0.3, -0.25) is 4.79 Å². The fourth-order valence-corrected chi connectivity index (χ4v) is 3.77. The number of piperidine rings is 1. The van der Waals surface area contributed by atoms with Crippen LogP contribution in [0.3, 0.4) is 0 Å². The Morgan fingerprint density at radius 2 is 2.16 bits per heavy atom. The van der Waals surface area contributed by atoms with Crippen LogP contribution < -0.4 is 4.90 Å². The van der Waals surface area contributed by atoms with E-state index in [-0.39, 0.29) is 18.4 Å². The molecule has 0 aromatic carbocycles. The van der Waals surface area contributed by atoms with Gasteiger partial charge in [-0.15, -0.1) is 12.4 Å². The summed E-state index contributed by atoms with van der Waals surface area (Å²) < 4.78 is 0. The smallest absolute Gasteiger partial charge is 0.222 e. The van der Waals surface area contributed by atoms with Crippen molar-refractivity contribution in [1.82, 2.24) is 19.9 Å². The molecule has 0 radical (unpaired) electrons. The van der Waals surface area contributed by atoms with Gasteiger partial charge in [-0.2, -0.15) is 0 Å². The molecule has 2 fully saturated rings. The van der Waals surface area contributed by atoms with Gasteiger partial charge in [0, 0.05) is 32.8 Å². The number of hydrogen-bond acceptors (Lipinski definition) is 4. The molecule has 1 amide bonds. The largest absolute Gasteiger partial charge is 0.354 e. The summed E-state index contributed by atoms with van der Waals surface area (Å²) in [6, 6.07) is 2.31. The van der Waals surface area contributed by atoms with Crippen molar-refractivity contribution in [3.8, 4) is 0 Å². The van der Waals surface area contributed by atoms with Crippen LogP contribution in [0.5, 0.6) is 0 Å². The summed E-state index contributed by atoms with van der Waals surface area (Å²) >= 11 is 0. The Morgan fingerprint density at radius 3 is 2.92 bits per heavy atom. The molecule has 2 unspecified atom stereocenters. The topological polar surface area (TPSA) is 65.1 Å². The second kappa shape index (κ2) is 7.20. The number of carbonyl (C=O) groups excluding carboxylic acids is 1. The number of anilines is 1. The highest BCUT2D eigenvalue weighted by molar-refractivity contribution is 5.87. The molecule has 1 saturated carbocycles. The van der Waals surface area contributed by atoms with Crippen molar-refractivity contribution in [2.75, 3.05) is 25.0 Å². The minimum atomic E-state index is 0. The molecule has 2 aromatic heterocycles. The number of carbonyl (C=O) groups is 1. The highest BCUT2D eigenvalue weighted by Crippen LogP contribution is 2.34. The van der Waals surface area contributed by atoms with E-state index in [2.05, 4.69) is 38.7 Å². The molecule has 1 N–H and O–H groups in total. The number of H-pyrrole nitrogens is 1. The lowest BCUT2D eigenvalue weighted by molar-refractivity contribution is -0.133. The van der Waals surface area contributed by atoms with Crippen LogP contribution in [0.1, 0.15) is 32.6 Å². The summed E-state index contributed by atoms with van der Waals surface area (Å²) in [5.41, 5.74) is 0.858. The van der Waals surface area contributed by atoms with Gasteiger partial charge in [0.2, 0.25) is 5.91 Å². The van der Waals surface area contributed by atoms with E-state index in [9.17, 15) is 4.79 Å². The number of fused-ring (bicyclic) bond motifs is 1. The second-order valence-corrected chi connectivity index (χ2v) is 7.37. The number of likely N-dealkylation sites (tertiary alicyclic amines) is 1. The maximum atomic E-state index is 12.5. The first-order valence-corrected chi connectivity index (χ1v) is 8.92. The van der Waals surface area contributed by atoms with E-state index < -0.39 is 0 Å². The van der Waals surface area contributed by atoms with Crippen LogP contribution in [0, 0.1) is 11.8 Å². The first kappa shape index (κ1) is 18.0. The van der Waals surface area contributed by atoms with Crippen LogP contribution in [0.25, 0.3) is 11.0 Å². The second-order valence-electron chi connectivity index (χ2n) is 7.37. The molecule has 25 heavy (non-hydrogen) atoms. The molecule has 0 bridgehead atoms. The summed E-state index contributed by atoms with van der Waals surface area (Å²) in [5, 5.41) is 1.04. The number of nitrogens with one attached hydrogen (secondary N) is 1. The number of likely N-dealkylation sites (N-methyl/N-ethyl adjacent to an activating group) is 1. The molecular formula is C18H26ClN5O. The normalized spacial score (nSPS) is 23.4. The molecule has 7 heteroatoms. The highest BCUT2D eigenvalue weighted by Gasteiger charge is 2.34. The highest BCUT2D eigenvalue weighted by atomic mass is 35.5. The molecule has 1 saturated heterocycles. The molecule has 0 spiro atoms. The van der Waals surface area contributed by atoms with E-state index in [0.29, 0.717) is 17.7 Å². The Labute approximate surface area is 154 Å². The molecule has 2 atom stereocenters. The van der Waals surface area contributed by atoms with Gasteiger partial charge in [-0.1, -0.05) is 6.92 Å². The van der Waals surface area contributed by atoms with Gasteiger partial charge in [-0.05, 0) is 37.2 Å². The van der Waals surface area contributed by atoms with Crippen molar-refractivity contribution in [2.24, 2.45) is 11.8 Å². The Hall–Kier alpha value is -1.82. The zero-order valence-electron chi connectivity index (χ0n) is 14.8. The number of hydrogen-bond donors (Lipinski definition) is 1. The van der Waals surface area contributed by atoms with Gasteiger partial charge in [0.25, 0.3) is 0 Å². The zero-order chi connectivity index (χ0) is 16.7. The average Bonchev–Trinajstić information content (AvgIpc) is 3.26. The third-order valence-electron chi connectivity index (χ3n) is 5.60. The molecule has 2 aliphatic rings. The Morgan fingerprint density at radius 1 is 1.36 bits per heavy atom. The van der Waals surface area contributed by atoms with Crippen LogP contribution in [-0.2, 0) is 4.79 Å². The average molecular weight is 364 g/mol. The van der Waals surface area contributed by atoms with Gasteiger partial charge in [0.1, 0.15) is 17.8 Å². The Bertz CT molecular complexity index is 744. The lowest BCUT2D eigenvalue weighted by Gasteiger charge is -2.42. The SMILES string of the molecule is CC1CCN(C(=O)CC2CC2)CC1N(C)c1ncnc2[nH]ccc12.Cl. The summed E-state index contributed by atoms with van der Waals surface area (Å²) in [4.78, 5) is 28.7. The van der Waals surface area contributed by atoms with Crippen LogP contribution >= 0.6 is 12.4 Å². The molecule has 2 aromatic rings. The predicted octanol–water partition coefficient (Wildman–Crippen LogP) is 2.85. The fourth-order valence-electron chi connectivity index (χ4n) is 3.77. The number of rotatable bonds is 4. The fraction of sp³-hybridized carbons (Fsp3) is 0.611. The van der Waals surface area contributed by atoms with Crippen LogP contribution in [-0.4, -0.2) is 51.9 Å².